The Morgan fingerprint density at radius 3 is 1.86 bits per heavy atom. The van der Waals surface area contributed by atoms with Crippen LogP contribution in [0.1, 0.15) is 11.1 Å². The molecule has 0 atom stereocenters. The van der Waals surface area contributed by atoms with Crippen molar-refractivity contribution in [2.45, 2.75) is 13.1 Å². The van der Waals surface area contributed by atoms with Gasteiger partial charge in [0, 0.05) is 52.7 Å². The molecule has 2 N–H and O–H groups in total. The monoisotopic (exact) mass is 298 g/mol. The lowest BCUT2D eigenvalue weighted by atomic mass is 10.2. The van der Waals surface area contributed by atoms with Crippen molar-refractivity contribution in [3.63, 3.8) is 0 Å². The van der Waals surface area contributed by atoms with Crippen LogP contribution < -0.4 is 20.7 Å². The molecule has 0 amide bonds. The van der Waals surface area contributed by atoms with Gasteiger partial charge in [0.25, 0.3) is 0 Å². The van der Waals surface area contributed by atoms with E-state index in [2.05, 4.69) is 97.4 Å². The van der Waals surface area contributed by atoms with Crippen LogP contribution in [-0.2, 0) is 13.1 Å². The third kappa shape index (κ3) is 4.76. The highest BCUT2D eigenvalue weighted by Gasteiger charge is 1.98. The van der Waals surface area contributed by atoms with Gasteiger partial charge in [-0.2, -0.15) is 0 Å². The van der Waals surface area contributed by atoms with E-state index in [-0.39, 0.29) is 0 Å². The second kappa shape index (κ2) is 7.82. The zero-order valence-corrected chi connectivity index (χ0v) is 13.9. The maximum absolute atomic E-state index is 3.27. The smallest absolute Gasteiger partial charge is 0.0364 e. The maximum Gasteiger partial charge on any atom is 0.0364 e. The molecule has 22 heavy (non-hydrogen) atoms. The van der Waals surface area contributed by atoms with Gasteiger partial charge in [-0.15, -0.1) is 0 Å². The van der Waals surface area contributed by atoms with E-state index in [0.29, 0.717) is 0 Å². The molecule has 0 unspecified atom stereocenters. The van der Waals surface area contributed by atoms with Gasteiger partial charge in [-0.05, 0) is 35.4 Å². The summed E-state index contributed by atoms with van der Waals surface area (Å²) in [6.45, 7) is 1.61. The lowest BCUT2D eigenvalue weighted by Crippen LogP contribution is -2.30. The summed E-state index contributed by atoms with van der Waals surface area (Å²) in [5.41, 5.74) is 11.5. The standard InChI is InChI=1S/C18H26N4/c1-21(2)17-10-8-15(9-11-17)13-19-20-14-16-6-5-7-18(12-16)22(3)4/h5-12,19-20H,13-14H2,1-4H3. The molecule has 0 saturated heterocycles. The van der Waals surface area contributed by atoms with Crippen LogP contribution in [0.4, 0.5) is 11.4 Å². The summed E-state index contributed by atoms with van der Waals surface area (Å²) in [7, 11) is 8.22. The average molecular weight is 298 g/mol. The molecule has 0 aliphatic carbocycles. The highest BCUT2D eigenvalue weighted by Crippen LogP contribution is 2.13. The SMILES string of the molecule is CN(C)c1ccc(CNNCc2cccc(N(C)C)c2)cc1. The average Bonchev–Trinajstić information content (AvgIpc) is 2.52. The van der Waals surface area contributed by atoms with Crippen molar-refractivity contribution < 1.29 is 0 Å². The van der Waals surface area contributed by atoms with Crippen LogP contribution in [0.5, 0.6) is 0 Å². The van der Waals surface area contributed by atoms with E-state index < -0.39 is 0 Å². The molecule has 0 spiro atoms. The van der Waals surface area contributed by atoms with E-state index in [1.54, 1.807) is 0 Å². The third-order valence-electron chi connectivity index (χ3n) is 3.59. The Bertz CT molecular complexity index is 576. The van der Waals surface area contributed by atoms with Gasteiger partial charge in [-0.25, -0.2) is 0 Å². The Morgan fingerprint density at radius 2 is 1.27 bits per heavy atom. The van der Waals surface area contributed by atoms with E-state index in [0.717, 1.165) is 13.1 Å². The largest absolute Gasteiger partial charge is 0.378 e. The molecule has 2 aromatic rings. The van der Waals surface area contributed by atoms with Crippen molar-refractivity contribution in [2.24, 2.45) is 0 Å². The van der Waals surface area contributed by atoms with Gasteiger partial charge in [-0.1, -0.05) is 24.3 Å². The Morgan fingerprint density at radius 1 is 0.682 bits per heavy atom. The molecule has 0 heterocycles. The van der Waals surface area contributed by atoms with Gasteiger partial charge in [0.05, 0.1) is 0 Å². The van der Waals surface area contributed by atoms with Crippen LogP contribution in [0.25, 0.3) is 0 Å². The topological polar surface area (TPSA) is 30.5 Å². The first-order valence-electron chi connectivity index (χ1n) is 7.54. The Balaban J connectivity index is 1.78. The fourth-order valence-corrected chi connectivity index (χ4v) is 2.19. The first kappa shape index (κ1) is 16.3. The lowest BCUT2D eigenvalue weighted by molar-refractivity contribution is 0.529. The van der Waals surface area contributed by atoms with Crippen molar-refractivity contribution in [1.82, 2.24) is 10.9 Å². The van der Waals surface area contributed by atoms with Crippen molar-refractivity contribution in [2.75, 3.05) is 38.0 Å². The van der Waals surface area contributed by atoms with Crippen LogP contribution in [0.15, 0.2) is 48.5 Å². The minimum absolute atomic E-state index is 0.803. The number of hydrazine groups is 1. The van der Waals surface area contributed by atoms with Gasteiger partial charge in [0.1, 0.15) is 0 Å². The first-order chi connectivity index (χ1) is 10.6. The minimum atomic E-state index is 0.803. The van der Waals surface area contributed by atoms with Crippen molar-refractivity contribution in [1.29, 1.82) is 0 Å². The number of hydrogen-bond donors (Lipinski definition) is 2. The predicted octanol–water partition coefficient (Wildman–Crippen LogP) is 2.61. The summed E-state index contributed by atoms with van der Waals surface area (Å²) < 4.78 is 0. The van der Waals surface area contributed by atoms with E-state index in [1.165, 1.54) is 22.5 Å². The van der Waals surface area contributed by atoms with Gasteiger partial charge in [0.15, 0.2) is 0 Å². The number of nitrogens with zero attached hydrogens (tertiary/aromatic N) is 2. The summed E-state index contributed by atoms with van der Waals surface area (Å²) >= 11 is 0. The van der Waals surface area contributed by atoms with Crippen molar-refractivity contribution >= 4 is 11.4 Å². The van der Waals surface area contributed by atoms with Gasteiger partial charge < -0.3 is 9.80 Å². The van der Waals surface area contributed by atoms with Gasteiger partial charge in [-0.3, -0.25) is 10.9 Å². The van der Waals surface area contributed by atoms with Crippen LogP contribution >= 0.6 is 0 Å². The molecular weight excluding hydrogens is 272 g/mol. The summed E-state index contributed by atoms with van der Waals surface area (Å²) in [5, 5.41) is 0. The van der Waals surface area contributed by atoms with Crippen molar-refractivity contribution in [3.05, 3.63) is 59.7 Å². The maximum atomic E-state index is 3.27. The molecule has 0 saturated carbocycles. The molecule has 2 rings (SSSR count). The second-order valence-electron chi connectivity index (χ2n) is 5.83. The fourth-order valence-electron chi connectivity index (χ4n) is 2.19. The zero-order chi connectivity index (χ0) is 15.9. The number of hydrogen-bond acceptors (Lipinski definition) is 4. The summed E-state index contributed by atoms with van der Waals surface area (Å²) in [6.07, 6.45) is 0. The normalized spacial score (nSPS) is 10.5. The van der Waals surface area contributed by atoms with Crippen LogP contribution in [0.2, 0.25) is 0 Å². The quantitative estimate of drug-likeness (QED) is 0.608. The van der Waals surface area contributed by atoms with E-state index >= 15 is 0 Å². The molecule has 118 valence electrons. The number of rotatable bonds is 7. The minimum Gasteiger partial charge on any atom is -0.378 e. The highest BCUT2D eigenvalue weighted by atomic mass is 15.3. The van der Waals surface area contributed by atoms with E-state index in [9.17, 15) is 0 Å². The summed E-state index contributed by atoms with van der Waals surface area (Å²) in [5.74, 6) is 0. The molecule has 0 fully saturated rings. The Hall–Kier alpha value is -2.04. The molecular formula is C18H26N4. The zero-order valence-electron chi connectivity index (χ0n) is 13.9. The van der Waals surface area contributed by atoms with E-state index in [4.69, 9.17) is 0 Å². The lowest BCUT2D eigenvalue weighted by Gasteiger charge is -2.14. The molecule has 0 bridgehead atoms. The van der Waals surface area contributed by atoms with Crippen LogP contribution in [0, 0.1) is 0 Å². The molecule has 4 heteroatoms. The van der Waals surface area contributed by atoms with Gasteiger partial charge in [0.2, 0.25) is 0 Å². The number of nitrogens with one attached hydrogen (secondary N) is 2. The molecule has 2 aromatic carbocycles. The number of anilines is 2. The summed E-state index contributed by atoms with van der Waals surface area (Å²) in [6, 6.07) is 17.1. The highest BCUT2D eigenvalue weighted by molar-refractivity contribution is 5.47. The Kier molecular flexibility index (Phi) is 5.81. The molecule has 0 aliphatic heterocycles. The molecule has 0 aliphatic rings. The first-order valence-corrected chi connectivity index (χ1v) is 7.54. The fraction of sp³-hybridized carbons (Fsp3) is 0.333. The van der Waals surface area contributed by atoms with Crippen LogP contribution in [0.3, 0.4) is 0 Å². The Labute approximate surface area is 133 Å². The molecule has 0 radical (unpaired) electrons. The van der Waals surface area contributed by atoms with Gasteiger partial charge >= 0.3 is 0 Å². The third-order valence-corrected chi connectivity index (χ3v) is 3.59. The summed E-state index contributed by atoms with van der Waals surface area (Å²) in [4.78, 5) is 4.22. The van der Waals surface area contributed by atoms with Crippen molar-refractivity contribution in [3.8, 4) is 0 Å². The predicted molar refractivity (Wildman–Crippen MR) is 95.2 cm³/mol. The molecule has 4 nitrogen and oxygen atoms in total. The van der Waals surface area contributed by atoms with E-state index in [1.807, 2.05) is 0 Å². The molecule has 0 aromatic heterocycles. The number of benzene rings is 2. The second-order valence-corrected chi connectivity index (χ2v) is 5.83. The van der Waals surface area contributed by atoms with Crippen LogP contribution in [-0.4, -0.2) is 28.2 Å².